The lowest BCUT2D eigenvalue weighted by Crippen LogP contribution is -2.39. The van der Waals surface area contributed by atoms with Crippen molar-refractivity contribution in [2.24, 2.45) is 5.92 Å². The molecule has 1 aliphatic rings. The Balaban J connectivity index is 2.26. The number of hydrogen-bond acceptors (Lipinski definition) is 4. The lowest BCUT2D eigenvalue weighted by Gasteiger charge is -2.27. The van der Waals surface area contributed by atoms with Gasteiger partial charge in [-0.2, -0.15) is 0 Å². The Morgan fingerprint density at radius 1 is 1.44 bits per heavy atom. The second-order valence-electron chi connectivity index (χ2n) is 4.08. The minimum Gasteiger partial charge on any atom is -0.481 e. The third kappa shape index (κ3) is 4.18. The summed E-state index contributed by atoms with van der Waals surface area (Å²) in [6.07, 6.45) is 3.18. The third-order valence-corrected chi connectivity index (χ3v) is 2.86. The average molecular weight is 229 g/mol. The number of hydrogen-bond donors (Lipinski definition) is 2. The molecule has 0 radical (unpaired) electrons. The van der Waals surface area contributed by atoms with Gasteiger partial charge in [0.1, 0.15) is 0 Å². The quantitative estimate of drug-likeness (QED) is 0.681. The Kier molecular flexibility index (Phi) is 5.25. The van der Waals surface area contributed by atoms with Gasteiger partial charge in [0.2, 0.25) is 0 Å². The predicted octanol–water partition coefficient (Wildman–Crippen LogP) is 0.782. The highest BCUT2D eigenvalue weighted by atomic mass is 16.5. The highest BCUT2D eigenvalue weighted by molar-refractivity contribution is 5.72. The van der Waals surface area contributed by atoms with E-state index in [1.807, 2.05) is 0 Å². The van der Waals surface area contributed by atoms with E-state index in [1.54, 1.807) is 6.92 Å². The first-order valence-corrected chi connectivity index (χ1v) is 5.75. The summed E-state index contributed by atoms with van der Waals surface area (Å²) < 4.78 is 4.79. The van der Waals surface area contributed by atoms with Crippen LogP contribution in [0.4, 0.5) is 0 Å². The number of nitrogens with one attached hydrogen (secondary N) is 1. The van der Waals surface area contributed by atoms with Crippen LogP contribution in [0, 0.1) is 5.92 Å². The summed E-state index contributed by atoms with van der Waals surface area (Å²) >= 11 is 0. The normalized spacial score (nSPS) is 25.1. The van der Waals surface area contributed by atoms with E-state index in [1.165, 1.54) is 0 Å². The highest BCUT2D eigenvalue weighted by Gasteiger charge is 2.26. The van der Waals surface area contributed by atoms with Crippen LogP contribution in [0.1, 0.15) is 32.6 Å². The molecule has 0 aromatic rings. The van der Waals surface area contributed by atoms with Crippen LogP contribution in [-0.2, 0) is 14.3 Å². The number of carbonyl (C=O) groups is 2. The first-order chi connectivity index (χ1) is 7.63. The molecular formula is C11H19NO4. The van der Waals surface area contributed by atoms with Crippen LogP contribution in [0.5, 0.6) is 0 Å². The van der Waals surface area contributed by atoms with Gasteiger partial charge in [0, 0.05) is 6.04 Å². The van der Waals surface area contributed by atoms with Crippen molar-refractivity contribution in [2.75, 3.05) is 13.2 Å². The summed E-state index contributed by atoms with van der Waals surface area (Å²) in [7, 11) is 0. The maximum Gasteiger partial charge on any atom is 0.319 e. The largest absolute Gasteiger partial charge is 0.481 e. The number of rotatable bonds is 5. The zero-order chi connectivity index (χ0) is 12.0. The average Bonchev–Trinajstić information content (AvgIpc) is 2.27. The first-order valence-electron chi connectivity index (χ1n) is 5.75. The molecule has 5 nitrogen and oxygen atoms in total. The minimum atomic E-state index is -0.734. The van der Waals surface area contributed by atoms with Crippen molar-refractivity contribution < 1.29 is 19.4 Å². The summed E-state index contributed by atoms with van der Waals surface area (Å²) in [4.78, 5) is 21.9. The van der Waals surface area contributed by atoms with Crippen molar-refractivity contribution in [1.82, 2.24) is 5.32 Å². The van der Waals surface area contributed by atoms with Gasteiger partial charge in [0.25, 0.3) is 0 Å². The van der Waals surface area contributed by atoms with E-state index in [-0.39, 0.29) is 24.5 Å². The van der Waals surface area contributed by atoms with Crippen molar-refractivity contribution >= 4 is 11.9 Å². The maximum absolute atomic E-state index is 11.1. The van der Waals surface area contributed by atoms with Crippen molar-refractivity contribution in [3.8, 4) is 0 Å². The Hall–Kier alpha value is -1.10. The van der Waals surface area contributed by atoms with Gasteiger partial charge in [0.05, 0.1) is 19.1 Å². The van der Waals surface area contributed by atoms with Gasteiger partial charge in [-0.3, -0.25) is 9.59 Å². The van der Waals surface area contributed by atoms with E-state index in [9.17, 15) is 9.59 Å². The molecule has 1 saturated carbocycles. The van der Waals surface area contributed by atoms with Gasteiger partial charge in [-0.05, 0) is 26.2 Å². The number of carbonyl (C=O) groups excluding carboxylic acids is 1. The van der Waals surface area contributed by atoms with Crippen molar-refractivity contribution in [3.05, 3.63) is 0 Å². The maximum atomic E-state index is 11.1. The summed E-state index contributed by atoms with van der Waals surface area (Å²) in [5.41, 5.74) is 0. The molecule has 0 aliphatic heterocycles. The van der Waals surface area contributed by atoms with E-state index in [0.717, 1.165) is 19.3 Å². The van der Waals surface area contributed by atoms with Crippen molar-refractivity contribution in [1.29, 1.82) is 0 Å². The summed E-state index contributed by atoms with van der Waals surface area (Å²) in [6, 6.07) is 0.124. The molecule has 5 heteroatoms. The zero-order valence-corrected chi connectivity index (χ0v) is 9.57. The van der Waals surface area contributed by atoms with Crippen LogP contribution in [-0.4, -0.2) is 36.2 Å². The molecule has 1 fully saturated rings. The second kappa shape index (κ2) is 6.48. The smallest absolute Gasteiger partial charge is 0.319 e. The van der Waals surface area contributed by atoms with Gasteiger partial charge in [-0.25, -0.2) is 0 Å². The van der Waals surface area contributed by atoms with Gasteiger partial charge in [0.15, 0.2) is 0 Å². The Labute approximate surface area is 95.2 Å². The fourth-order valence-electron chi connectivity index (χ4n) is 2.04. The van der Waals surface area contributed by atoms with Crippen LogP contribution in [0.15, 0.2) is 0 Å². The summed E-state index contributed by atoms with van der Waals surface area (Å²) in [5.74, 6) is -1.28. The number of carboxylic acid groups (broad SMARTS) is 1. The second-order valence-corrected chi connectivity index (χ2v) is 4.08. The number of ether oxygens (including phenoxy) is 1. The monoisotopic (exact) mass is 229 g/mol. The summed E-state index contributed by atoms with van der Waals surface area (Å²) in [5, 5.41) is 12.0. The van der Waals surface area contributed by atoms with Gasteiger partial charge in [-0.15, -0.1) is 0 Å². The highest BCUT2D eigenvalue weighted by Crippen LogP contribution is 2.24. The molecule has 2 unspecified atom stereocenters. The first kappa shape index (κ1) is 13.0. The molecule has 0 amide bonds. The Morgan fingerprint density at radius 3 is 2.81 bits per heavy atom. The lowest BCUT2D eigenvalue weighted by molar-refractivity contribution is -0.143. The fraction of sp³-hybridized carbons (Fsp3) is 0.818. The Bertz CT molecular complexity index is 254. The van der Waals surface area contributed by atoms with Crippen LogP contribution in [0.2, 0.25) is 0 Å². The fourth-order valence-corrected chi connectivity index (χ4v) is 2.04. The molecule has 1 aliphatic carbocycles. The van der Waals surface area contributed by atoms with E-state index in [2.05, 4.69) is 5.32 Å². The van der Waals surface area contributed by atoms with E-state index < -0.39 is 5.97 Å². The van der Waals surface area contributed by atoms with E-state index in [4.69, 9.17) is 9.84 Å². The molecule has 0 spiro atoms. The predicted molar refractivity (Wildman–Crippen MR) is 58.0 cm³/mol. The molecule has 92 valence electrons. The molecule has 0 heterocycles. The molecular weight excluding hydrogens is 210 g/mol. The van der Waals surface area contributed by atoms with Crippen LogP contribution < -0.4 is 5.32 Å². The van der Waals surface area contributed by atoms with Crippen LogP contribution in [0.3, 0.4) is 0 Å². The number of esters is 1. The standard InChI is InChI=1S/C11H19NO4/c1-2-16-10(13)7-12-9-5-3-4-8(6-9)11(14)15/h8-9,12H,2-7H2,1H3,(H,14,15). The molecule has 16 heavy (non-hydrogen) atoms. The van der Waals surface area contributed by atoms with Crippen LogP contribution >= 0.6 is 0 Å². The van der Waals surface area contributed by atoms with E-state index in [0.29, 0.717) is 13.0 Å². The molecule has 1 rings (SSSR count). The molecule has 2 N–H and O–H groups in total. The van der Waals surface area contributed by atoms with Crippen molar-refractivity contribution in [2.45, 2.75) is 38.6 Å². The third-order valence-electron chi connectivity index (χ3n) is 2.86. The Morgan fingerprint density at radius 2 is 2.19 bits per heavy atom. The summed E-state index contributed by atoms with van der Waals surface area (Å²) in [6.45, 7) is 2.31. The number of carboxylic acids is 1. The molecule has 0 aromatic heterocycles. The molecule has 0 bridgehead atoms. The van der Waals surface area contributed by atoms with Gasteiger partial charge in [-0.1, -0.05) is 6.42 Å². The van der Waals surface area contributed by atoms with Gasteiger partial charge >= 0.3 is 11.9 Å². The SMILES string of the molecule is CCOC(=O)CNC1CCCC(C(=O)O)C1. The minimum absolute atomic E-state index is 0.124. The molecule has 0 saturated heterocycles. The zero-order valence-electron chi connectivity index (χ0n) is 9.57. The van der Waals surface area contributed by atoms with Crippen LogP contribution in [0.25, 0.3) is 0 Å². The number of aliphatic carboxylic acids is 1. The van der Waals surface area contributed by atoms with E-state index >= 15 is 0 Å². The van der Waals surface area contributed by atoms with Gasteiger partial charge < -0.3 is 15.2 Å². The molecule has 0 aromatic carbocycles. The topological polar surface area (TPSA) is 75.6 Å². The lowest BCUT2D eigenvalue weighted by atomic mass is 9.86. The molecule has 2 atom stereocenters. The van der Waals surface area contributed by atoms with Crippen molar-refractivity contribution in [3.63, 3.8) is 0 Å².